The molecule has 0 spiro atoms. The van der Waals surface area contributed by atoms with E-state index >= 15 is 0 Å². The average Bonchev–Trinajstić information content (AvgIpc) is 3.21. The summed E-state index contributed by atoms with van der Waals surface area (Å²) in [5.41, 5.74) is 7.22. The quantitative estimate of drug-likeness (QED) is 0.746. The number of likely N-dealkylation sites (tertiary alicyclic amines) is 1. The zero-order valence-corrected chi connectivity index (χ0v) is 16.4. The van der Waals surface area contributed by atoms with Crippen molar-refractivity contribution < 1.29 is 19.1 Å². The van der Waals surface area contributed by atoms with E-state index in [1.54, 1.807) is 16.6 Å². The highest BCUT2D eigenvalue weighted by molar-refractivity contribution is 7.09. The number of piperidine rings is 1. The van der Waals surface area contributed by atoms with Gasteiger partial charge < -0.3 is 20.7 Å². The van der Waals surface area contributed by atoms with E-state index in [0.717, 1.165) is 17.7 Å². The van der Waals surface area contributed by atoms with Crippen LogP contribution in [0.3, 0.4) is 0 Å². The van der Waals surface area contributed by atoms with Crippen LogP contribution in [0.5, 0.6) is 5.88 Å². The molecule has 1 aliphatic rings. The Hall–Kier alpha value is -3.01. The Morgan fingerprint density at radius 3 is 2.75 bits per heavy atom. The van der Waals surface area contributed by atoms with Gasteiger partial charge in [-0.05, 0) is 24.8 Å². The molecule has 2 atom stereocenters. The molecular formula is C18H21N5O4S. The predicted molar refractivity (Wildman–Crippen MR) is 103 cm³/mol. The number of nitrogens with zero attached hydrogens (tertiary/aromatic N) is 3. The highest BCUT2D eigenvalue weighted by Gasteiger charge is 2.35. The molecule has 0 aromatic carbocycles. The fourth-order valence-corrected chi connectivity index (χ4v) is 4.01. The molecule has 3 N–H and O–H groups in total. The van der Waals surface area contributed by atoms with Crippen LogP contribution < -0.4 is 15.8 Å². The maximum atomic E-state index is 12.9. The lowest BCUT2D eigenvalue weighted by Gasteiger charge is -2.37. The number of nitrogens with two attached hydrogens (primary N) is 1. The van der Waals surface area contributed by atoms with Crippen LogP contribution in [0.15, 0.2) is 24.0 Å². The molecule has 0 saturated carbocycles. The summed E-state index contributed by atoms with van der Waals surface area (Å²) >= 11 is 1.46. The first-order valence-electron chi connectivity index (χ1n) is 8.74. The number of hydrogen-bond acceptors (Lipinski definition) is 7. The Labute approximate surface area is 165 Å². The molecule has 3 rings (SSSR count). The first-order valence-corrected chi connectivity index (χ1v) is 9.62. The Morgan fingerprint density at radius 1 is 1.32 bits per heavy atom. The fourth-order valence-electron chi connectivity index (χ4n) is 3.24. The molecule has 1 fully saturated rings. The zero-order chi connectivity index (χ0) is 20.3. The standard InChI is InChI=1S/C18H21N5O4S/c1-10-3-4-13(14-7-20-9-28-14)23(8-10)18(26)16(25)22-11-5-12(15(19)24)17(27-2)21-6-11/h5-7,9-10,13H,3-4,8H2,1-2H3,(H2,19,24)(H,22,25)/t10-,13?/m0/s1. The Morgan fingerprint density at radius 2 is 2.11 bits per heavy atom. The van der Waals surface area contributed by atoms with E-state index in [9.17, 15) is 14.4 Å². The molecule has 10 heteroatoms. The number of hydrogen-bond donors (Lipinski definition) is 2. The summed E-state index contributed by atoms with van der Waals surface area (Å²) in [5.74, 6) is -1.84. The SMILES string of the molecule is COc1ncc(NC(=O)C(=O)N2C[C@@H](C)CCC2c2cncs2)cc1C(N)=O. The highest BCUT2D eigenvalue weighted by Crippen LogP contribution is 2.35. The summed E-state index contributed by atoms with van der Waals surface area (Å²) in [5, 5.41) is 2.50. The molecule has 28 heavy (non-hydrogen) atoms. The normalized spacial score (nSPS) is 19.1. The van der Waals surface area contributed by atoms with Crippen LogP contribution in [0.1, 0.15) is 41.0 Å². The van der Waals surface area contributed by atoms with Crippen LogP contribution in [0.4, 0.5) is 5.69 Å². The molecule has 148 valence electrons. The number of anilines is 1. The van der Waals surface area contributed by atoms with Gasteiger partial charge in [-0.25, -0.2) is 4.98 Å². The van der Waals surface area contributed by atoms with Gasteiger partial charge in [0.15, 0.2) is 0 Å². The molecule has 2 aromatic heterocycles. The maximum Gasteiger partial charge on any atom is 0.313 e. The number of nitrogens with one attached hydrogen (secondary N) is 1. The minimum Gasteiger partial charge on any atom is -0.480 e. The topological polar surface area (TPSA) is 128 Å². The number of methoxy groups -OCH3 is 1. The summed E-state index contributed by atoms with van der Waals surface area (Å²) in [6.07, 6.45) is 4.78. The molecule has 1 unspecified atom stereocenters. The van der Waals surface area contributed by atoms with Crippen LogP contribution >= 0.6 is 11.3 Å². The van der Waals surface area contributed by atoms with Gasteiger partial charge in [0.1, 0.15) is 5.56 Å². The molecule has 0 aliphatic carbocycles. The van der Waals surface area contributed by atoms with E-state index in [2.05, 4.69) is 15.3 Å². The summed E-state index contributed by atoms with van der Waals surface area (Å²) in [6.45, 7) is 2.54. The van der Waals surface area contributed by atoms with Gasteiger partial charge in [-0.3, -0.25) is 19.4 Å². The van der Waals surface area contributed by atoms with E-state index in [-0.39, 0.29) is 23.2 Å². The number of rotatable bonds is 4. The van der Waals surface area contributed by atoms with Gasteiger partial charge in [0.05, 0.1) is 30.5 Å². The average molecular weight is 403 g/mol. The molecule has 0 radical (unpaired) electrons. The van der Waals surface area contributed by atoms with Crippen molar-refractivity contribution in [1.29, 1.82) is 0 Å². The molecule has 2 aromatic rings. The third kappa shape index (κ3) is 4.11. The van der Waals surface area contributed by atoms with Crippen molar-refractivity contribution in [2.45, 2.75) is 25.8 Å². The number of thiazole rings is 1. The van der Waals surface area contributed by atoms with Crippen LogP contribution in [0, 0.1) is 5.92 Å². The lowest BCUT2D eigenvalue weighted by atomic mass is 9.93. The number of ether oxygens (including phenoxy) is 1. The van der Waals surface area contributed by atoms with Crippen molar-refractivity contribution in [2.24, 2.45) is 11.7 Å². The Kier molecular flexibility index (Phi) is 5.88. The van der Waals surface area contributed by atoms with Crippen molar-refractivity contribution in [2.75, 3.05) is 19.0 Å². The van der Waals surface area contributed by atoms with Crippen LogP contribution in [0.25, 0.3) is 0 Å². The van der Waals surface area contributed by atoms with Gasteiger partial charge in [0.25, 0.3) is 5.91 Å². The van der Waals surface area contributed by atoms with E-state index < -0.39 is 17.7 Å². The predicted octanol–water partition coefficient (Wildman–Crippen LogP) is 1.58. The molecule has 0 bridgehead atoms. The second-order valence-electron chi connectivity index (χ2n) is 6.66. The van der Waals surface area contributed by atoms with Gasteiger partial charge in [-0.1, -0.05) is 6.92 Å². The number of aromatic nitrogens is 2. The van der Waals surface area contributed by atoms with Crippen molar-refractivity contribution in [1.82, 2.24) is 14.9 Å². The number of primary amides is 1. The smallest absolute Gasteiger partial charge is 0.313 e. The largest absolute Gasteiger partial charge is 0.480 e. The Balaban J connectivity index is 1.78. The number of amides is 3. The van der Waals surface area contributed by atoms with E-state index in [4.69, 9.17) is 10.5 Å². The monoisotopic (exact) mass is 403 g/mol. The molecule has 1 saturated heterocycles. The maximum absolute atomic E-state index is 12.9. The second-order valence-corrected chi connectivity index (χ2v) is 7.58. The summed E-state index contributed by atoms with van der Waals surface area (Å²) < 4.78 is 4.97. The highest BCUT2D eigenvalue weighted by atomic mass is 32.1. The third-order valence-corrected chi connectivity index (χ3v) is 5.50. The summed E-state index contributed by atoms with van der Waals surface area (Å²) in [7, 11) is 1.35. The van der Waals surface area contributed by atoms with Gasteiger partial charge in [0, 0.05) is 17.6 Å². The summed E-state index contributed by atoms with van der Waals surface area (Å²) in [6, 6.07) is 1.16. The Bertz CT molecular complexity index is 886. The van der Waals surface area contributed by atoms with Crippen LogP contribution in [0.2, 0.25) is 0 Å². The van der Waals surface area contributed by atoms with Crippen molar-refractivity contribution in [3.63, 3.8) is 0 Å². The van der Waals surface area contributed by atoms with Gasteiger partial charge in [-0.15, -0.1) is 11.3 Å². The third-order valence-electron chi connectivity index (χ3n) is 4.62. The van der Waals surface area contributed by atoms with Gasteiger partial charge >= 0.3 is 11.8 Å². The zero-order valence-electron chi connectivity index (χ0n) is 15.5. The first-order chi connectivity index (χ1) is 13.4. The van der Waals surface area contributed by atoms with Crippen LogP contribution in [-0.2, 0) is 9.59 Å². The minimum absolute atomic E-state index is 0.0156. The number of carbonyl (C=O) groups is 3. The van der Waals surface area contributed by atoms with Gasteiger partial charge in [0.2, 0.25) is 5.88 Å². The molecular weight excluding hydrogens is 382 g/mol. The second kappa shape index (κ2) is 8.34. The number of carbonyl (C=O) groups excluding carboxylic acids is 3. The lowest BCUT2D eigenvalue weighted by Crippen LogP contribution is -2.46. The van der Waals surface area contributed by atoms with Crippen molar-refractivity contribution in [3.05, 3.63) is 34.4 Å². The van der Waals surface area contributed by atoms with Crippen molar-refractivity contribution in [3.8, 4) is 5.88 Å². The van der Waals surface area contributed by atoms with Crippen LogP contribution in [-0.4, -0.2) is 46.2 Å². The first kappa shape index (κ1) is 19.7. The summed E-state index contributed by atoms with van der Waals surface area (Å²) in [4.78, 5) is 47.5. The van der Waals surface area contributed by atoms with E-state index in [1.807, 2.05) is 6.92 Å². The molecule has 9 nitrogen and oxygen atoms in total. The lowest BCUT2D eigenvalue weighted by molar-refractivity contribution is -0.146. The van der Waals surface area contributed by atoms with Gasteiger partial charge in [-0.2, -0.15) is 0 Å². The fraction of sp³-hybridized carbons (Fsp3) is 0.389. The van der Waals surface area contributed by atoms with Crippen molar-refractivity contribution >= 4 is 34.7 Å². The number of pyridine rings is 1. The molecule has 3 amide bonds. The minimum atomic E-state index is -0.800. The van der Waals surface area contributed by atoms with E-state index in [1.165, 1.54) is 30.7 Å². The molecule has 3 heterocycles. The van der Waals surface area contributed by atoms with E-state index in [0.29, 0.717) is 12.5 Å². The molecule has 1 aliphatic heterocycles.